The van der Waals surface area contributed by atoms with E-state index in [-0.39, 0.29) is 17.7 Å². The summed E-state index contributed by atoms with van der Waals surface area (Å²) in [6.07, 6.45) is 6.03. The number of morpholine rings is 1. The molecule has 0 radical (unpaired) electrons. The van der Waals surface area contributed by atoms with Gasteiger partial charge in [0, 0.05) is 24.7 Å². The molecule has 3 unspecified atom stereocenters. The molecule has 1 heterocycles. The predicted octanol–water partition coefficient (Wildman–Crippen LogP) is 2.16. The van der Waals surface area contributed by atoms with Gasteiger partial charge in [0.05, 0.1) is 18.3 Å². The lowest BCUT2D eigenvalue weighted by Gasteiger charge is -2.49. The maximum atomic E-state index is 9.93. The third-order valence-electron chi connectivity index (χ3n) is 4.98. The molecule has 124 valence electrons. The van der Waals surface area contributed by atoms with E-state index < -0.39 is 0 Å². The van der Waals surface area contributed by atoms with Crippen LogP contribution in [-0.2, 0) is 4.74 Å². The largest absolute Gasteiger partial charge is 0.394 e. The molecule has 1 saturated carbocycles. The van der Waals surface area contributed by atoms with E-state index in [0.29, 0.717) is 12.1 Å². The predicted molar refractivity (Wildman–Crippen MR) is 86.6 cm³/mol. The summed E-state index contributed by atoms with van der Waals surface area (Å²) in [5.74, 6) is 0. The topological polar surface area (TPSA) is 44.7 Å². The van der Waals surface area contributed by atoms with Gasteiger partial charge in [-0.3, -0.25) is 4.90 Å². The Morgan fingerprint density at radius 1 is 1.38 bits per heavy atom. The molecule has 3 atom stereocenters. The second-order valence-corrected chi connectivity index (χ2v) is 7.73. The Balaban J connectivity index is 2.02. The van der Waals surface area contributed by atoms with Gasteiger partial charge in [0.15, 0.2) is 0 Å². The van der Waals surface area contributed by atoms with Crippen LogP contribution in [0.15, 0.2) is 0 Å². The van der Waals surface area contributed by atoms with Crippen LogP contribution in [-0.4, -0.2) is 59.5 Å². The molecule has 0 amide bonds. The van der Waals surface area contributed by atoms with Crippen LogP contribution < -0.4 is 5.32 Å². The van der Waals surface area contributed by atoms with Crippen molar-refractivity contribution < 1.29 is 9.84 Å². The van der Waals surface area contributed by atoms with Crippen LogP contribution in [0.4, 0.5) is 0 Å². The standard InChI is InChI=1S/C17H34N2O2/c1-5-9-18-17(13-20)8-6-7-15(10-17)19-11-14(2)21-16(3,4)12-19/h14-15,18,20H,5-13H2,1-4H3. The number of ether oxygens (including phenoxy) is 1. The molecule has 0 spiro atoms. The minimum Gasteiger partial charge on any atom is -0.394 e. The Hall–Kier alpha value is -0.160. The third-order valence-corrected chi connectivity index (χ3v) is 4.98. The van der Waals surface area contributed by atoms with Crippen molar-refractivity contribution in [3.63, 3.8) is 0 Å². The lowest BCUT2D eigenvalue weighted by molar-refractivity contribution is -0.143. The first-order chi connectivity index (χ1) is 9.90. The second kappa shape index (κ2) is 6.95. The Morgan fingerprint density at radius 2 is 2.14 bits per heavy atom. The van der Waals surface area contributed by atoms with Crippen molar-refractivity contribution in [2.24, 2.45) is 0 Å². The zero-order valence-corrected chi connectivity index (χ0v) is 14.3. The van der Waals surface area contributed by atoms with Gasteiger partial charge in [-0.15, -0.1) is 0 Å². The molecular formula is C17H34N2O2. The summed E-state index contributed by atoms with van der Waals surface area (Å²) in [6, 6.07) is 0.570. The van der Waals surface area contributed by atoms with E-state index >= 15 is 0 Å². The molecule has 1 saturated heterocycles. The number of hydrogen-bond donors (Lipinski definition) is 2. The van der Waals surface area contributed by atoms with Gasteiger partial charge in [-0.1, -0.05) is 6.92 Å². The zero-order valence-electron chi connectivity index (χ0n) is 14.3. The average molecular weight is 298 g/mol. The molecule has 4 heteroatoms. The van der Waals surface area contributed by atoms with Gasteiger partial charge in [0.2, 0.25) is 0 Å². The van der Waals surface area contributed by atoms with Crippen molar-refractivity contribution in [3.8, 4) is 0 Å². The molecule has 21 heavy (non-hydrogen) atoms. The summed E-state index contributed by atoms with van der Waals surface area (Å²) >= 11 is 0. The zero-order chi connectivity index (χ0) is 15.5. The molecule has 2 rings (SSSR count). The van der Waals surface area contributed by atoms with Crippen LogP contribution in [0, 0.1) is 0 Å². The van der Waals surface area contributed by atoms with E-state index in [1.807, 2.05) is 0 Å². The first-order valence-corrected chi connectivity index (χ1v) is 8.67. The van der Waals surface area contributed by atoms with E-state index in [0.717, 1.165) is 38.9 Å². The fourth-order valence-electron chi connectivity index (χ4n) is 4.17. The van der Waals surface area contributed by atoms with Gasteiger partial charge >= 0.3 is 0 Å². The van der Waals surface area contributed by atoms with E-state index in [9.17, 15) is 5.11 Å². The summed E-state index contributed by atoms with van der Waals surface area (Å²) in [5, 5.41) is 13.6. The summed E-state index contributed by atoms with van der Waals surface area (Å²) in [7, 11) is 0. The van der Waals surface area contributed by atoms with Crippen LogP contribution in [0.2, 0.25) is 0 Å². The summed E-state index contributed by atoms with van der Waals surface area (Å²) in [5.41, 5.74) is -0.127. The number of hydrogen-bond acceptors (Lipinski definition) is 4. The molecule has 1 aliphatic carbocycles. The Kier molecular flexibility index (Phi) is 5.69. The van der Waals surface area contributed by atoms with Crippen molar-refractivity contribution in [3.05, 3.63) is 0 Å². The van der Waals surface area contributed by atoms with Crippen LogP contribution in [0.25, 0.3) is 0 Å². The van der Waals surface area contributed by atoms with Gasteiger partial charge in [-0.2, -0.15) is 0 Å². The molecule has 2 N–H and O–H groups in total. The summed E-state index contributed by atoms with van der Waals surface area (Å²) in [6.45, 7) is 12.0. The summed E-state index contributed by atoms with van der Waals surface area (Å²) < 4.78 is 6.03. The fraction of sp³-hybridized carbons (Fsp3) is 1.00. The number of nitrogens with zero attached hydrogens (tertiary/aromatic N) is 1. The molecule has 0 bridgehead atoms. The smallest absolute Gasteiger partial charge is 0.0757 e. The highest BCUT2D eigenvalue weighted by Crippen LogP contribution is 2.34. The molecule has 4 nitrogen and oxygen atoms in total. The van der Waals surface area contributed by atoms with Crippen LogP contribution in [0.3, 0.4) is 0 Å². The van der Waals surface area contributed by atoms with E-state index in [1.54, 1.807) is 0 Å². The van der Waals surface area contributed by atoms with E-state index in [1.165, 1.54) is 12.8 Å². The van der Waals surface area contributed by atoms with Gasteiger partial charge in [-0.25, -0.2) is 0 Å². The maximum absolute atomic E-state index is 9.93. The third kappa shape index (κ3) is 4.41. The molecular weight excluding hydrogens is 264 g/mol. The molecule has 0 aromatic heterocycles. The molecule has 0 aromatic carbocycles. The van der Waals surface area contributed by atoms with Crippen LogP contribution in [0.1, 0.15) is 59.8 Å². The maximum Gasteiger partial charge on any atom is 0.0757 e. The van der Waals surface area contributed by atoms with Crippen molar-refractivity contribution in [1.29, 1.82) is 0 Å². The van der Waals surface area contributed by atoms with Gasteiger partial charge in [0.25, 0.3) is 0 Å². The fourth-order valence-corrected chi connectivity index (χ4v) is 4.17. The number of nitrogens with one attached hydrogen (secondary N) is 1. The van der Waals surface area contributed by atoms with Crippen LogP contribution in [0.5, 0.6) is 0 Å². The van der Waals surface area contributed by atoms with Crippen LogP contribution >= 0.6 is 0 Å². The number of aliphatic hydroxyl groups excluding tert-OH is 1. The van der Waals surface area contributed by atoms with Crippen molar-refractivity contribution in [1.82, 2.24) is 10.2 Å². The minimum absolute atomic E-state index is 0.0617. The van der Waals surface area contributed by atoms with Gasteiger partial charge in [-0.05, 0) is 59.4 Å². The quantitative estimate of drug-likeness (QED) is 0.816. The minimum atomic E-state index is -0.0649. The van der Waals surface area contributed by atoms with Crippen molar-refractivity contribution in [2.75, 3.05) is 26.2 Å². The summed E-state index contributed by atoms with van der Waals surface area (Å²) in [4.78, 5) is 2.60. The molecule has 2 aliphatic rings. The van der Waals surface area contributed by atoms with Gasteiger partial charge < -0.3 is 15.2 Å². The first kappa shape index (κ1) is 17.2. The average Bonchev–Trinajstić information content (AvgIpc) is 2.43. The number of rotatable bonds is 5. The van der Waals surface area contributed by atoms with Crippen molar-refractivity contribution in [2.45, 2.75) is 83.1 Å². The van der Waals surface area contributed by atoms with E-state index in [2.05, 4.69) is 37.9 Å². The molecule has 2 fully saturated rings. The van der Waals surface area contributed by atoms with Crippen molar-refractivity contribution >= 4 is 0 Å². The van der Waals surface area contributed by atoms with E-state index in [4.69, 9.17) is 4.74 Å². The normalized spacial score (nSPS) is 37.6. The SMILES string of the molecule is CCCNC1(CO)CCCC(N2CC(C)OC(C)(C)C2)C1. The highest BCUT2D eigenvalue weighted by molar-refractivity contribution is 4.98. The second-order valence-electron chi connectivity index (χ2n) is 7.73. The molecule has 0 aromatic rings. The monoisotopic (exact) mass is 298 g/mol. The lowest BCUT2D eigenvalue weighted by atomic mass is 9.78. The first-order valence-electron chi connectivity index (χ1n) is 8.67. The molecule has 1 aliphatic heterocycles. The highest BCUT2D eigenvalue weighted by Gasteiger charge is 2.41. The number of aliphatic hydroxyl groups is 1. The Bertz CT molecular complexity index is 335. The lowest BCUT2D eigenvalue weighted by Crippen LogP contribution is -2.60. The highest BCUT2D eigenvalue weighted by atomic mass is 16.5. The Labute approximate surface area is 130 Å². The van der Waals surface area contributed by atoms with Gasteiger partial charge in [0.1, 0.15) is 0 Å². The Morgan fingerprint density at radius 3 is 2.76 bits per heavy atom.